The van der Waals surface area contributed by atoms with E-state index in [4.69, 9.17) is 0 Å². The summed E-state index contributed by atoms with van der Waals surface area (Å²) in [5, 5.41) is 5.93. The number of hydrogen-bond acceptors (Lipinski definition) is 2. The first-order chi connectivity index (χ1) is 17.0. The van der Waals surface area contributed by atoms with Crippen LogP contribution in [0.5, 0.6) is 0 Å². The normalized spacial score (nSPS) is 18.7. The molecule has 3 aromatic rings. The van der Waals surface area contributed by atoms with Crippen LogP contribution in [0, 0.1) is 11.6 Å². The lowest BCUT2D eigenvalue weighted by Gasteiger charge is -2.43. The van der Waals surface area contributed by atoms with Crippen molar-refractivity contribution < 1.29 is 13.6 Å². The Morgan fingerprint density at radius 1 is 0.914 bits per heavy atom. The maximum absolute atomic E-state index is 14.1. The number of amides is 2. The van der Waals surface area contributed by atoms with Crippen LogP contribution in [0.2, 0.25) is 0 Å². The van der Waals surface area contributed by atoms with Crippen molar-refractivity contribution in [3.8, 4) is 0 Å². The molecule has 2 amide bonds. The molecule has 0 bridgehead atoms. The molecule has 0 spiro atoms. The number of hydrogen-bond donors (Lipinski definition) is 2. The molecule has 3 aromatic carbocycles. The van der Waals surface area contributed by atoms with Gasteiger partial charge >= 0.3 is 6.03 Å². The fourth-order valence-corrected chi connectivity index (χ4v) is 5.56. The Labute approximate surface area is 205 Å². The molecule has 2 heterocycles. The van der Waals surface area contributed by atoms with Crippen LogP contribution < -0.4 is 15.5 Å². The van der Waals surface area contributed by atoms with Crippen LogP contribution in [0.4, 0.5) is 25.0 Å². The predicted octanol–water partition coefficient (Wildman–Crippen LogP) is 6.76. The van der Waals surface area contributed by atoms with Gasteiger partial charge in [0, 0.05) is 42.8 Å². The van der Waals surface area contributed by atoms with E-state index in [1.165, 1.54) is 12.1 Å². The summed E-state index contributed by atoms with van der Waals surface area (Å²) in [6.07, 6.45) is 3.66. The molecule has 0 aromatic heterocycles. The average Bonchev–Trinajstić information content (AvgIpc) is 2.84. The molecule has 0 aliphatic carbocycles. The number of rotatable bonds is 6. The molecule has 0 saturated carbocycles. The summed E-state index contributed by atoms with van der Waals surface area (Å²) < 4.78 is 28.3. The van der Waals surface area contributed by atoms with Crippen LogP contribution in [-0.4, -0.2) is 25.7 Å². The Kier molecular flexibility index (Phi) is 6.71. The second kappa shape index (κ2) is 10.1. The van der Waals surface area contributed by atoms with E-state index in [9.17, 15) is 13.6 Å². The van der Waals surface area contributed by atoms with Crippen molar-refractivity contribution in [1.29, 1.82) is 0 Å². The first-order valence-electron chi connectivity index (χ1n) is 12.5. The second-order valence-corrected chi connectivity index (χ2v) is 9.52. The lowest BCUT2D eigenvalue weighted by Crippen LogP contribution is -2.38. The standard InChI is InChI=1S/C29H31F2N3O/c1-2-3-12-32-29(35)33-23-17-26-24(19-6-4-8-21(30)15-19)10-13-34-14-11-25(27(18-23)28(26)34)20-7-5-9-22(31)16-20/h4-9,15-18,24-25H,2-3,10-14H2,1H3,(H2,32,33,35)/t24-,25-/m0/s1. The Hall–Kier alpha value is -3.41. The number of anilines is 2. The summed E-state index contributed by atoms with van der Waals surface area (Å²) in [5.74, 6) is -0.458. The van der Waals surface area contributed by atoms with Crippen LogP contribution in [0.3, 0.4) is 0 Å². The zero-order valence-electron chi connectivity index (χ0n) is 20.0. The molecule has 2 aliphatic rings. The van der Waals surface area contributed by atoms with Crippen LogP contribution in [0.15, 0.2) is 60.7 Å². The van der Waals surface area contributed by atoms with Gasteiger partial charge in [0.25, 0.3) is 0 Å². The van der Waals surface area contributed by atoms with Gasteiger partial charge in [-0.2, -0.15) is 0 Å². The summed E-state index contributed by atoms with van der Waals surface area (Å²) in [7, 11) is 0. The van der Waals surface area contributed by atoms with E-state index in [1.54, 1.807) is 24.3 Å². The van der Waals surface area contributed by atoms with Gasteiger partial charge in [0.2, 0.25) is 0 Å². The summed E-state index contributed by atoms with van der Waals surface area (Å²) in [6.45, 7) is 4.45. The van der Waals surface area contributed by atoms with Crippen LogP contribution >= 0.6 is 0 Å². The quantitative estimate of drug-likeness (QED) is 0.387. The number of benzene rings is 3. The highest BCUT2D eigenvalue weighted by Crippen LogP contribution is 2.49. The first kappa shape index (κ1) is 23.3. The Bertz CT molecular complexity index is 1150. The maximum atomic E-state index is 14.1. The monoisotopic (exact) mass is 475 g/mol. The molecule has 5 rings (SSSR count). The van der Waals surface area contributed by atoms with Crippen LogP contribution in [0.25, 0.3) is 0 Å². The number of carbonyl (C=O) groups excluding carboxylic acids is 1. The molecule has 35 heavy (non-hydrogen) atoms. The topological polar surface area (TPSA) is 44.4 Å². The van der Waals surface area contributed by atoms with Crippen molar-refractivity contribution in [3.05, 3.63) is 94.6 Å². The highest BCUT2D eigenvalue weighted by molar-refractivity contribution is 5.90. The Morgan fingerprint density at radius 2 is 1.49 bits per heavy atom. The summed E-state index contributed by atoms with van der Waals surface area (Å²) in [4.78, 5) is 15.0. The molecule has 0 unspecified atom stereocenters. The highest BCUT2D eigenvalue weighted by Gasteiger charge is 2.35. The smallest absolute Gasteiger partial charge is 0.319 e. The van der Waals surface area contributed by atoms with E-state index in [0.717, 1.165) is 66.7 Å². The van der Waals surface area contributed by atoms with Crippen LogP contribution in [-0.2, 0) is 0 Å². The zero-order chi connectivity index (χ0) is 24.4. The SMILES string of the molecule is CCCCNC(=O)Nc1cc2c3c(c1)[C@H](c1cccc(F)c1)CCN3CC[C@H]2c1cccc(F)c1. The third kappa shape index (κ3) is 4.88. The minimum atomic E-state index is -0.249. The molecule has 0 saturated heterocycles. The molecular weight excluding hydrogens is 444 g/mol. The third-order valence-electron chi connectivity index (χ3n) is 7.19. The number of urea groups is 1. The summed E-state index contributed by atoms with van der Waals surface area (Å²) in [5.41, 5.74) is 5.89. The van der Waals surface area contributed by atoms with Gasteiger partial charge in [-0.15, -0.1) is 0 Å². The lowest BCUT2D eigenvalue weighted by molar-refractivity contribution is 0.252. The van der Waals surface area contributed by atoms with E-state index in [2.05, 4.69) is 22.5 Å². The summed E-state index contributed by atoms with van der Waals surface area (Å²) in [6, 6.07) is 17.4. The van der Waals surface area contributed by atoms with Gasteiger partial charge in [-0.1, -0.05) is 37.6 Å². The van der Waals surface area contributed by atoms with Crippen molar-refractivity contribution in [3.63, 3.8) is 0 Å². The van der Waals surface area contributed by atoms with Gasteiger partial charge in [-0.25, -0.2) is 13.6 Å². The molecule has 6 heteroatoms. The highest BCUT2D eigenvalue weighted by atomic mass is 19.1. The zero-order valence-corrected chi connectivity index (χ0v) is 20.0. The lowest BCUT2D eigenvalue weighted by atomic mass is 9.76. The van der Waals surface area contributed by atoms with Crippen LogP contribution in [0.1, 0.15) is 66.7 Å². The summed E-state index contributed by atoms with van der Waals surface area (Å²) >= 11 is 0. The van der Waals surface area contributed by atoms with Crippen molar-refractivity contribution in [2.45, 2.75) is 44.4 Å². The average molecular weight is 476 g/mol. The number of halogens is 2. The van der Waals surface area contributed by atoms with E-state index in [0.29, 0.717) is 12.2 Å². The molecule has 2 N–H and O–H groups in total. The number of nitrogens with zero attached hydrogens (tertiary/aromatic N) is 1. The predicted molar refractivity (Wildman–Crippen MR) is 136 cm³/mol. The third-order valence-corrected chi connectivity index (χ3v) is 7.19. The molecule has 2 aliphatic heterocycles. The number of unbranched alkanes of at least 4 members (excludes halogenated alkanes) is 1. The molecular formula is C29H31F2N3O. The molecule has 182 valence electrons. The second-order valence-electron chi connectivity index (χ2n) is 9.52. The van der Waals surface area contributed by atoms with Crippen molar-refractivity contribution in [1.82, 2.24) is 5.32 Å². The van der Waals surface area contributed by atoms with E-state index in [-0.39, 0.29) is 29.5 Å². The van der Waals surface area contributed by atoms with Gasteiger partial charge in [0.1, 0.15) is 11.6 Å². The fraction of sp³-hybridized carbons (Fsp3) is 0.345. The fourth-order valence-electron chi connectivity index (χ4n) is 5.56. The molecule has 0 fully saturated rings. The van der Waals surface area contributed by atoms with Crippen molar-refractivity contribution in [2.24, 2.45) is 0 Å². The van der Waals surface area contributed by atoms with Gasteiger partial charge in [-0.05, 0) is 77.9 Å². The van der Waals surface area contributed by atoms with Gasteiger partial charge in [-0.3, -0.25) is 0 Å². The van der Waals surface area contributed by atoms with Gasteiger partial charge < -0.3 is 15.5 Å². The largest absolute Gasteiger partial charge is 0.371 e. The molecule has 0 radical (unpaired) electrons. The minimum absolute atomic E-state index is 0.0202. The van der Waals surface area contributed by atoms with Gasteiger partial charge in [0.05, 0.1) is 0 Å². The van der Waals surface area contributed by atoms with E-state index < -0.39 is 0 Å². The minimum Gasteiger partial charge on any atom is -0.371 e. The van der Waals surface area contributed by atoms with Gasteiger partial charge in [0.15, 0.2) is 0 Å². The van der Waals surface area contributed by atoms with E-state index >= 15 is 0 Å². The Morgan fingerprint density at radius 3 is 2.00 bits per heavy atom. The number of carbonyl (C=O) groups is 1. The maximum Gasteiger partial charge on any atom is 0.319 e. The number of nitrogens with one attached hydrogen (secondary N) is 2. The Balaban J connectivity index is 1.60. The van der Waals surface area contributed by atoms with Crippen molar-refractivity contribution in [2.75, 3.05) is 29.9 Å². The molecule has 4 nitrogen and oxygen atoms in total. The molecule has 2 atom stereocenters. The van der Waals surface area contributed by atoms with Crippen molar-refractivity contribution >= 4 is 17.4 Å². The van der Waals surface area contributed by atoms with E-state index in [1.807, 2.05) is 24.3 Å². The first-order valence-corrected chi connectivity index (χ1v) is 12.5.